The third kappa shape index (κ3) is 6.70. The van der Waals surface area contributed by atoms with Crippen molar-refractivity contribution in [2.45, 2.75) is 169 Å². The molecule has 2 heterocycles. The Morgan fingerprint density at radius 3 is 2.05 bits per heavy atom. The van der Waals surface area contributed by atoms with Crippen molar-refractivity contribution < 1.29 is 84.7 Å². The highest BCUT2D eigenvalue weighted by Gasteiger charge is 2.69. The number of esters is 1. The lowest BCUT2D eigenvalue weighted by molar-refractivity contribution is -0.341. The Morgan fingerprint density at radius 2 is 1.38 bits per heavy atom. The van der Waals surface area contributed by atoms with Gasteiger partial charge in [0.1, 0.15) is 61.0 Å². The quantitative estimate of drug-likeness (QED) is 0.0666. The van der Waals surface area contributed by atoms with Gasteiger partial charge in [-0.1, -0.05) is 19.9 Å². The van der Waals surface area contributed by atoms with Crippen molar-refractivity contribution in [1.29, 1.82) is 0 Å². The van der Waals surface area contributed by atoms with E-state index in [-0.39, 0.29) is 29.1 Å². The third-order valence-electron chi connectivity index (χ3n) is 15.5. The molecule has 1 spiro atoms. The molecule has 21 atom stereocenters. The zero-order valence-corrected chi connectivity index (χ0v) is 32.1. The van der Waals surface area contributed by atoms with Crippen LogP contribution in [-0.4, -0.2) is 173 Å². The summed E-state index contributed by atoms with van der Waals surface area (Å²) >= 11 is 0. The lowest BCUT2D eigenvalue weighted by atomic mass is 9.41. The van der Waals surface area contributed by atoms with E-state index in [4.69, 9.17) is 23.7 Å². The predicted molar refractivity (Wildman–Crippen MR) is 190 cm³/mol. The van der Waals surface area contributed by atoms with Crippen LogP contribution >= 0.6 is 0 Å². The molecule has 11 N–H and O–H groups in total. The smallest absolute Gasteiger partial charge is 0.314 e. The minimum absolute atomic E-state index is 0.0725. The number of hydrogen-bond donors (Lipinski definition) is 11. The van der Waals surface area contributed by atoms with Crippen molar-refractivity contribution in [3.63, 3.8) is 0 Å². The molecule has 2 saturated heterocycles. The van der Waals surface area contributed by atoms with Gasteiger partial charge in [-0.3, -0.25) is 4.79 Å². The Balaban J connectivity index is 1.07. The van der Waals surface area contributed by atoms with E-state index in [1.54, 1.807) is 0 Å². The van der Waals surface area contributed by atoms with Gasteiger partial charge in [0.25, 0.3) is 0 Å². The second-order valence-electron chi connectivity index (χ2n) is 18.5. The topological polar surface area (TPSA) is 286 Å². The zero-order valence-electron chi connectivity index (χ0n) is 32.1. The average molecular weight is 803 g/mol. The number of carbonyl (C=O) groups is 1. The van der Waals surface area contributed by atoms with E-state index in [0.29, 0.717) is 38.5 Å². The van der Waals surface area contributed by atoms with E-state index in [0.717, 1.165) is 24.8 Å². The summed E-state index contributed by atoms with van der Waals surface area (Å²) in [5.41, 5.74) is -1.62. The minimum atomic E-state index is -1.70. The van der Waals surface area contributed by atoms with Gasteiger partial charge in [0.05, 0.1) is 36.4 Å². The maximum absolute atomic E-state index is 14.1. The third-order valence-corrected chi connectivity index (χ3v) is 15.5. The molecule has 7 aliphatic rings. The van der Waals surface area contributed by atoms with Crippen LogP contribution in [-0.2, 0) is 28.5 Å². The van der Waals surface area contributed by atoms with Crippen LogP contribution in [0.5, 0.6) is 0 Å². The fourth-order valence-corrected chi connectivity index (χ4v) is 12.5. The highest BCUT2D eigenvalue weighted by Crippen LogP contribution is 2.73. The number of ether oxygens (including phenoxy) is 5. The summed E-state index contributed by atoms with van der Waals surface area (Å²) in [5, 5.41) is 115. The zero-order chi connectivity index (χ0) is 40.7. The van der Waals surface area contributed by atoms with Gasteiger partial charge in [-0.15, -0.1) is 0 Å². The molecule has 56 heavy (non-hydrogen) atoms. The molecule has 17 unspecified atom stereocenters. The predicted octanol–water partition coefficient (Wildman–Crippen LogP) is -2.27. The van der Waals surface area contributed by atoms with Crippen LogP contribution in [0.2, 0.25) is 0 Å². The first kappa shape index (κ1) is 42.7. The molecule has 0 aromatic heterocycles. The molecule has 5 aliphatic carbocycles. The van der Waals surface area contributed by atoms with Crippen molar-refractivity contribution in [3.8, 4) is 0 Å². The molecule has 17 nitrogen and oxygen atoms in total. The van der Waals surface area contributed by atoms with Crippen LogP contribution in [0.15, 0.2) is 12.2 Å². The van der Waals surface area contributed by atoms with Crippen LogP contribution in [0.25, 0.3) is 0 Å². The van der Waals surface area contributed by atoms with E-state index in [9.17, 15) is 61.0 Å². The first-order valence-corrected chi connectivity index (χ1v) is 20.2. The molecule has 17 heteroatoms. The number of hydrogen-bond acceptors (Lipinski definition) is 17. The van der Waals surface area contributed by atoms with Crippen LogP contribution < -0.4 is 0 Å². The molecule has 0 radical (unpaired) electrons. The second-order valence-corrected chi connectivity index (χ2v) is 18.5. The van der Waals surface area contributed by atoms with Gasteiger partial charge >= 0.3 is 5.97 Å². The van der Waals surface area contributed by atoms with E-state index in [2.05, 4.69) is 13.5 Å². The number of fused-ring (bicyclic) bond motifs is 3. The largest absolute Gasteiger partial charge is 0.432 e. The fourth-order valence-electron chi connectivity index (χ4n) is 12.5. The summed E-state index contributed by atoms with van der Waals surface area (Å²) in [7, 11) is 0. The maximum atomic E-state index is 14.1. The number of aliphatic hydroxyl groups is 11. The van der Waals surface area contributed by atoms with Gasteiger partial charge in [-0.25, -0.2) is 0 Å². The van der Waals surface area contributed by atoms with Crippen molar-refractivity contribution >= 4 is 5.97 Å². The summed E-state index contributed by atoms with van der Waals surface area (Å²) in [4.78, 5) is 14.1. The Morgan fingerprint density at radius 1 is 0.732 bits per heavy atom. The summed E-state index contributed by atoms with van der Waals surface area (Å²) in [5.74, 6) is -1.35. The minimum Gasteiger partial charge on any atom is -0.432 e. The van der Waals surface area contributed by atoms with Crippen molar-refractivity contribution in [2.75, 3.05) is 19.8 Å². The molecule has 7 rings (SSSR count). The highest BCUT2D eigenvalue weighted by atomic mass is 16.7. The monoisotopic (exact) mass is 802 g/mol. The Kier molecular flexibility index (Phi) is 11.9. The summed E-state index contributed by atoms with van der Waals surface area (Å²) in [6, 6.07) is 0. The van der Waals surface area contributed by atoms with Gasteiger partial charge in [0.15, 0.2) is 6.29 Å². The fraction of sp³-hybridized carbons (Fsp3) is 0.923. The summed E-state index contributed by atoms with van der Waals surface area (Å²) in [6.45, 7) is 6.81. The summed E-state index contributed by atoms with van der Waals surface area (Å²) in [6.07, 6.45) is -14.8. The first-order chi connectivity index (χ1) is 26.4. The second kappa shape index (κ2) is 15.6. The van der Waals surface area contributed by atoms with Crippen LogP contribution in [0.4, 0.5) is 0 Å². The Bertz CT molecular complexity index is 1450. The van der Waals surface area contributed by atoms with Gasteiger partial charge < -0.3 is 79.9 Å². The SMILES string of the molecule is C=C1C[C@@]23CCC4[C@](C)(C(=O)OC5OC(CO)C(O)C(O)C5O)CCC[C@@]4(C)[C@@H]2CCC1(OC1OC(CO)C(O)C(OC2CC(CO)C(O)C(O)C2O)C1O)C3. The molecule has 320 valence electrons. The first-order valence-electron chi connectivity index (χ1n) is 20.2. The van der Waals surface area contributed by atoms with E-state index < -0.39 is 129 Å². The molecule has 5 saturated carbocycles. The molecular formula is C39H62O17. The molecule has 0 aromatic rings. The van der Waals surface area contributed by atoms with Gasteiger partial charge in [-0.05, 0) is 93.0 Å². The average Bonchev–Trinajstić information content (AvgIpc) is 3.37. The standard InChI is InChI=1S/C39H62O17/c1-17-12-38-9-5-22-36(2,7-4-8-37(22,3)35(51)55-33-30(49)29(48)26(45)20(14-41)53-33)23(38)6-10-39(17,16-38)56-34-31(50)32(27(46)21(15-42)54-34)52-19-11-18(13-40)24(43)28(47)25(19)44/h18-34,40-50H,1,4-16H2,2-3H3/t18?,19?,20?,21?,22?,23-,24?,25?,26?,27?,28?,29?,30?,31?,32?,33?,34?,36+,37+,38+,39?/m0/s1. The van der Waals surface area contributed by atoms with Crippen molar-refractivity contribution in [1.82, 2.24) is 0 Å². The van der Waals surface area contributed by atoms with E-state index in [1.807, 2.05) is 6.92 Å². The summed E-state index contributed by atoms with van der Waals surface area (Å²) < 4.78 is 30.0. The molecular weight excluding hydrogens is 740 g/mol. The Hall–Kier alpha value is -1.39. The molecule has 0 amide bonds. The van der Waals surface area contributed by atoms with Gasteiger partial charge in [0.2, 0.25) is 6.29 Å². The highest BCUT2D eigenvalue weighted by molar-refractivity contribution is 5.77. The van der Waals surface area contributed by atoms with E-state index in [1.165, 1.54) is 0 Å². The van der Waals surface area contributed by atoms with Crippen molar-refractivity contribution in [2.24, 2.45) is 34.0 Å². The molecule has 0 aromatic carbocycles. The lowest BCUT2D eigenvalue weighted by Crippen LogP contribution is -2.64. The normalized spacial score (nSPS) is 54.6. The van der Waals surface area contributed by atoms with Crippen LogP contribution in [0.3, 0.4) is 0 Å². The number of carbonyl (C=O) groups excluding carboxylic acids is 1. The van der Waals surface area contributed by atoms with Gasteiger partial charge in [-0.2, -0.15) is 0 Å². The Labute approximate surface area is 325 Å². The number of aliphatic hydroxyl groups excluding tert-OH is 11. The number of rotatable bonds is 9. The molecule has 2 aliphatic heterocycles. The maximum Gasteiger partial charge on any atom is 0.314 e. The van der Waals surface area contributed by atoms with Crippen molar-refractivity contribution in [3.05, 3.63) is 12.2 Å². The van der Waals surface area contributed by atoms with Crippen LogP contribution in [0.1, 0.15) is 78.1 Å². The van der Waals surface area contributed by atoms with Crippen LogP contribution in [0, 0.1) is 34.0 Å². The molecule has 7 fully saturated rings. The van der Waals surface area contributed by atoms with E-state index >= 15 is 0 Å². The molecule has 2 bridgehead atoms. The van der Waals surface area contributed by atoms with Gasteiger partial charge in [0, 0.05) is 12.5 Å². The lowest BCUT2D eigenvalue weighted by Gasteiger charge is -2.64.